The van der Waals surface area contributed by atoms with Gasteiger partial charge in [0.15, 0.2) is 0 Å². The number of ether oxygens (including phenoxy) is 1. The molecular weight excluding hydrogens is 318 g/mol. The third kappa shape index (κ3) is 4.68. The van der Waals surface area contributed by atoms with Crippen LogP contribution < -0.4 is 20.4 Å². The molecule has 2 rings (SSSR count). The van der Waals surface area contributed by atoms with E-state index in [1.807, 2.05) is 0 Å². The maximum atomic E-state index is 12.2. The molecule has 0 atom stereocenters. The van der Waals surface area contributed by atoms with Crippen LogP contribution in [0.5, 0.6) is 5.75 Å². The molecule has 2 amide bonds. The Morgan fingerprint density at radius 2 is 2.22 bits per heavy atom. The molecule has 0 bridgehead atoms. The Kier molecular flexibility index (Phi) is 5.93. The molecule has 0 aromatic heterocycles. The summed E-state index contributed by atoms with van der Waals surface area (Å²) in [5.74, 6) is 0.863. The van der Waals surface area contributed by atoms with E-state index in [4.69, 9.17) is 9.57 Å². The first-order valence-electron chi connectivity index (χ1n) is 6.75. The van der Waals surface area contributed by atoms with Crippen LogP contribution in [0.25, 0.3) is 0 Å². The summed E-state index contributed by atoms with van der Waals surface area (Å²) in [6.07, 6.45) is 2.46. The molecule has 0 spiro atoms. The largest absolute Gasteiger partial charge is 0.497 e. The molecule has 0 radical (unpaired) electrons. The number of hydrogen-bond donors (Lipinski definition) is 2. The SMILES string of the molecule is C=CCN(C(=O)ONC1=CNC(=O)CS1)c1ccc(OC)cc1. The monoisotopic (exact) mass is 335 g/mol. The molecule has 0 fully saturated rings. The Labute approximate surface area is 138 Å². The van der Waals surface area contributed by atoms with E-state index in [1.165, 1.54) is 22.9 Å². The highest BCUT2D eigenvalue weighted by Gasteiger charge is 2.18. The van der Waals surface area contributed by atoms with Crippen LogP contribution in [-0.2, 0) is 9.63 Å². The third-order valence-corrected chi connectivity index (χ3v) is 3.80. The standard InChI is InChI=1S/C15H17N3O4S/c1-3-8-18(11-4-6-12(21-2)7-5-11)15(20)22-17-14-9-16-13(19)10-23-14/h3-7,9,17H,1,8,10H2,2H3,(H,16,19). The molecule has 1 heterocycles. The molecular formula is C15H17N3O4S. The molecule has 8 heteroatoms. The zero-order chi connectivity index (χ0) is 16.7. The first-order valence-corrected chi connectivity index (χ1v) is 7.74. The van der Waals surface area contributed by atoms with Gasteiger partial charge in [-0.1, -0.05) is 17.8 Å². The van der Waals surface area contributed by atoms with Crippen LogP contribution in [0.15, 0.2) is 48.1 Å². The average Bonchev–Trinajstić information content (AvgIpc) is 2.59. The molecule has 1 aromatic carbocycles. The number of thioether (sulfide) groups is 1. The van der Waals surface area contributed by atoms with Gasteiger partial charge in [-0.2, -0.15) is 0 Å². The average molecular weight is 335 g/mol. The molecule has 0 saturated heterocycles. The molecule has 122 valence electrons. The van der Waals surface area contributed by atoms with Gasteiger partial charge in [-0.25, -0.2) is 10.3 Å². The van der Waals surface area contributed by atoms with Crippen LogP contribution in [-0.4, -0.2) is 31.4 Å². The summed E-state index contributed by atoms with van der Waals surface area (Å²) in [7, 11) is 1.57. The van der Waals surface area contributed by atoms with Crippen LogP contribution in [0, 0.1) is 0 Å². The Morgan fingerprint density at radius 3 is 2.78 bits per heavy atom. The minimum absolute atomic E-state index is 0.0987. The number of methoxy groups -OCH3 is 1. The van der Waals surface area contributed by atoms with Gasteiger partial charge in [0.05, 0.1) is 12.9 Å². The van der Waals surface area contributed by atoms with E-state index in [9.17, 15) is 9.59 Å². The van der Waals surface area contributed by atoms with Crippen molar-refractivity contribution < 1.29 is 19.2 Å². The first-order chi connectivity index (χ1) is 11.1. The summed E-state index contributed by atoms with van der Waals surface area (Å²) >= 11 is 1.24. The number of benzene rings is 1. The maximum Gasteiger partial charge on any atom is 0.438 e. The van der Waals surface area contributed by atoms with Crippen molar-refractivity contribution in [3.8, 4) is 5.75 Å². The molecule has 0 saturated carbocycles. The van der Waals surface area contributed by atoms with Crippen molar-refractivity contribution in [1.82, 2.24) is 10.8 Å². The molecule has 1 aliphatic rings. The highest BCUT2D eigenvalue weighted by Crippen LogP contribution is 2.20. The highest BCUT2D eigenvalue weighted by atomic mass is 32.2. The minimum atomic E-state index is -0.589. The maximum absolute atomic E-state index is 12.2. The zero-order valence-corrected chi connectivity index (χ0v) is 13.4. The minimum Gasteiger partial charge on any atom is -0.497 e. The summed E-state index contributed by atoms with van der Waals surface area (Å²) in [4.78, 5) is 29.7. The Hall–Kier alpha value is -2.61. The van der Waals surface area contributed by atoms with Gasteiger partial charge < -0.3 is 14.9 Å². The normalized spacial score (nSPS) is 13.4. The van der Waals surface area contributed by atoms with E-state index >= 15 is 0 Å². The van der Waals surface area contributed by atoms with Crippen LogP contribution in [0.2, 0.25) is 0 Å². The fourth-order valence-corrected chi connectivity index (χ4v) is 2.37. The van der Waals surface area contributed by atoms with Crippen LogP contribution in [0.1, 0.15) is 0 Å². The van der Waals surface area contributed by atoms with Crippen molar-refractivity contribution in [3.05, 3.63) is 48.1 Å². The molecule has 7 nitrogen and oxygen atoms in total. The van der Waals surface area contributed by atoms with Crippen molar-refractivity contribution in [2.24, 2.45) is 0 Å². The predicted molar refractivity (Wildman–Crippen MR) is 88.8 cm³/mol. The van der Waals surface area contributed by atoms with Gasteiger partial charge in [-0.3, -0.25) is 9.69 Å². The fourth-order valence-electron chi connectivity index (χ4n) is 1.76. The number of nitrogens with one attached hydrogen (secondary N) is 2. The van der Waals surface area contributed by atoms with Crippen LogP contribution in [0.4, 0.5) is 10.5 Å². The molecule has 0 unspecified atom stereocenters. The summed E-state index contributed by atoms with van der Waals surface area (Å²) in [6, 6.07) is 7.00. The third-order valence-electron chi connectivity index (χ3n) is 2.88. The lowest BCUT2D eigenvalue weighted by Crippen LogP contribution is -2.36. The molecule has 0 aliphatic carbocycles. The predicted octanol–water partition coefficient (Wildman–Crippen LogP) is 1.99. The van der Waals surface area contributed by atoms with E-state index in [2.05, 4.69) is 17.4 Å². The van der Waals surface area contributed by atoms with E-state index in [1.54, 1.807) is 37.5 Å². The molecule has 2 N–H and O–H groups in total. The van der Waals surface area contributed by atoms with Crippen molar-refractivity contribution in [2.75, 3.05) is 24.3 Å². The summed E-state index contributed by atoms with van der Waals surface area (Å²) in [5, 5.41) is 3.08. The van der Waals surface area contributed by atoms with Gasteiger partial charge in [0.2, 0.25) is 5.91 Å². The lowest BCUT2D eigenvalue weighted by atomic mass is 10.3. The first kappa shape index (κ1) is 16.8. The number of hydroxylamine groups is 1. The van der Waals surface area contributed by atoms with E-state index in [0.717, 1.165) is 0 Å². The van der Waals surface area contributed by atoms with Gasteiger partial charge in [0.25, 0.3) is 0 Å². The highest BCUT2D eigenvalue weighted by molar-refractivity contribution is 8.03. The van der Waals surface area contributed by atoms with Crippen LogP contribution >= 0.6 is 11.8 Å². The fraction of sp³-hybridized carbons (Fsp3) is 0.200. The van der Waals surface area contributed by atoms with Gasteiger partial charge in [-0.15, -0.1) is 6.58 Å². The second-order valence-electron chi connectivity index (χ2n) is 4.43. The second kappa shape index (κ2) is 8.14. The van der Waals surface area contributed by atoms with Crippen LogP contribution in [0.3, 0.4) is 0 Å². The zero-order valence-electron chi connectivity index (χ0n) is 12.6. The smallest absolute Gasteiger partial charge is 0.438 e. The van der Waals surface area contributed by atoms with Gasteiger partial charge in [0, 0.05) is 18.4 Å². The van der Waals surface area contributed by atoms with E-state index in [-0.39, 0.29) is 18.2 Å². The number of carbonyl (C=O) groups is 2. The topological polar surface area (TPSA) is 79.9 Å². The summed E-state index contributed by atoms with van der Waals surface area (Å²) in [5.41, 5.74) is 3.18. The van der Waals surface area contributed by atoms with Gasteiger partial charge in [-0.05, 0) is 24.3 Å². The number of rotatable bonds is 6. The quantitative estimate of drug-likeness (QED) is 0.611. The second-order valence-corrected chi connectivity index (χ2v) is 5.45. The molecule has 1 aliphatic heterocycles. The number of amides is 2. The Morgan fingerprint density at radius 1 is 1.48 bits per heavy atom. The van der Waals surface area contributed by atoms with Crippen molar-refractivity contribution in [2.45, 2.75) is 0 Å². The number of anilines is 1. The lowest BCUT2D eigenvalue weighted by Gasteiger charge is -2.21. The summed E-state index contributed by atoms with van der Waals surface area (Å²) in [6.45, 7) is 3.93. The van der Waals surface area contributed by atoms with E-state index in [0.29, 0.717) is 16.5 Å². The Balaban J connectivity index is 2.00. The van der Waals surface area contributed by atoms with Crippen molar-refractivity contribution in [1.29, 1.82) is 0 Å². The molecule has 1 aromatic rings. The molecule has 23 heavy (non-hydrogen) atoms. The summed E-state index contributed by atoms with van der Waals surface area (Å²) < 4.78 is 5.09. The number of hydrogen-bond acceptors (Lipinski definition) is 6. The van der Waals surface area contributed by atoms with Gasteiger partial charge >= 0.3 is 6.09 Å². The number of carbonyl (C=O) groups excluding carboxylic acids is 2. The van der Waals surface area contributed by atoms with Crippen molar-refractivity contribution in [3.63, 3.8) is 0 Å². The van der Waals surface area contributed by atoms with Gasteiger partial charge in [0.1, 0.15) is 10.8 Å². The van der Waals surface area contributed by atoms with Crippen molar-refractivity contribution >= 4 is 29.4 Å². The number of nitrogens with zero attached hydrogens (tertiary/aromatic N) is 1. The Bertz CT molecular complexity index is 616. The van der Waals surface area contributed by atoms with E-state index < -0.39 is 6.09 Å². The lowest BCUT2D eigenvalue weighted by molar-refractivity contribution is -0.117.